The Balaban J connectivity index is 1.48. The number of hydrogen-bond acceptors (Lipinski definition) is 4. The number of amides is 2. The van der Waals surface area contributed by atoms with E-state index < -0.39 is 5.41 Å². The second-order valence-corrected chi connectivity index (χ2v) is 7.51. The van der Waals surface area contributed by atoms with Crippen molar-refractivity contribution in [2.45, 2.75) is 25.8 Å². The highest BCUT2D eigenvalue weighted by Crippen LogP contribution is 2.40. The van der Waals surface area contributed by atoms with Gasteiger partial charge in [0.2, 0.25) is 11.8 Å². The van der Waals surface area contributed by atoms with Crippen LogP contribution in [0.15, 0.2) is 29.1 Å². The molecule has 2 fully saturated rings. The first kappa shape index (κ1) is 17.8. The van der Waals surface area contributed by atoms with Gasteiger partial charge in [-0.15, -0.1) is 0 Å². The Morgan fingerprint density at radius 3 is 2.78 bits per heavy atom. The van der Waals surface area contributed by atoms with Crippen LogP contribution in [0.5, 0.6) is 0 Å². The molecule has 27 heavy (non-hydrogen) atoms. The number of aliphatic hydroxyl groups excluding tert-OH is 1. The number of rotatable bonds is 4. The third-order valence-corrected chi connectivity index (χ3v) is 5.85. The van der Waals surface area contributed by atoms with E-state index in [2.05, 4.69) is 5.10 Å². The number of aliphatic hydroxyl groups is 1. The Morgan fingerprint density at radius 2 is 2.00 bits per heavy atom. The fourth-order valence-electron chi connectivity index (χ4n) is 4.41. The van der Waals surface area contributed by atoms with E-state index in [0.717, 1.165) is 12.8 Å². The lowest BCUT2D eigenvalue weighted by Crippen LogP contribution is -2.51. The van der Waals surface area contributed by atoms with E-state index in [0.29, 0.717) is 43.5 Å². The summed E-state index contributed by atoms with van der Waals surface area (Å²) in [5, 5.41) is 12.7. The van der Waals surface area contributed by atoms with Crippen LogP contribution in [0, 0.1) is 5.41 Å². The van der Waals surface area contributed by atoms with Gasteiger partial charge in [-0.2, -0.15) is 0 Å². The molecule has 1 aromatic carbocycles. The molecule has 1 atom stereocenters. The Labute approximate surface area is 156 Å². The Bertz CT molecular complexity index is 931. The fraction of sp³-hybridized carbons (Fsp3) is 0.526. The van der Waals surface area contributed by atoms with E-state index in [1.165, 1.54) is 4.68 Å². The van der Waals surface area contributed by atoms with Crippen molar-refractivity contribution in [1.82, 2.24) is 19.6 Å². The van der Waals surface area contributed by atoms with Crippen molar-refractivity contribution in [3.05, 3.63) is 34.6 Å². The van der Waals surface area contributed by atoms with E-state index in [1.54, 1.807) is 28.0 Å². The maximum atomic E-state index is 12.9. The highest BCUT2D eigenvalue weighted by atomic mass is 16.3. The number of carbonyl (C=O) groups excluding carboxylic acids is 2. The Kier molecular flexibility index (Phi) is 4.51. The molecule has 0 radical (unpaired) electrons. The molecule has 2 aromatic rings. The van der Waals surface area contributed by atoms with Crippen molar-refractivity contribution in [2.75, 3.05) is 32.8 Å². The summed E-state index contributed by atoms with van der Waals surface area (Å²) in [6, 6.07) is 7.16. The normalized spacial score (nSPS) is 22.9. The number of aromatic nitrogens is 2. The van der Waals surface area contributed by atoms with Crippen LogP contribution in [0.2, 0.25) is 0 Å². The van der Waals surface area contributed by atoms with Gasteiger partial charge in [-0.05, 0) is 31.4 Å². The maximum absolute atomic E-state index is 12.9. The SMILES string of the molecule is O=C(Cn1[nH]c2ccccc2c1=O)N1CC[C@]2(CCCN(CCO)C2=O)C1. The number of benzene rings is 1. The number of hydrogen-bond donors (Lipinski definition) is 2. The monoisotopic (exact) mass is 372 g/mol. The molecule has 2 aliphatic rings. The molecule has 1 spiro atoms. The lowest BCUT2D eigenvalue weighted by molar-refractivity contribution is -0.146. The molecular formula is C19H24N4O4. The molecule has 4 rings (SSSR count). The zero-order valence-corrected chi connectivity index (χ0v) is 15.2. The third kappa shape index (κ3) is 3.03. The molecule has 144 valence electrons. The number of likely N-dealkylation sites (tertiary alicyclic amines) is 2. The highest BCUT2D eigenvalue weighted by Gasteiger charge is 2.49. The molecule has 2 N–H and O–H groups in total. The summed E-state index contributed by atoms with van der Waals surface area (Å²) in [7, 11) is 0. The smallest absolute Gasteiger partial charge is 0.274 e. The minimum Gasteiger partial charge on any atom is -0.395 e. The zero-order valence-electron chi connectivity index (χ0n) is 15.2. The average Bonchev–Trinajstić information content (AvgIpc) is 3.23. The number of piperidine rings is 1. The van der Waals surface area contributed by atoms with Gasteiger partial charge in [-0.1, -0.05) is 12.1 Å². The standard InChI is InChI=1S/C19H24N4O4/c24-11-10-21-8-3-6-19(18(21)27)7-9-22(13-19)16(25)12-23-17(26)14-4-1-2-5-15(14)20-23/h1-2,4-5,20,24H,3,6-13H2/t19-/m1/s1. The number of β-amino-alcohol motifs (C(OH)–C–C–N with tert-alkyl or cyclic N) is 1. The molecule has 2 aliphatic heterocycles. The predicted octanol–water partition coefficient (Wildman–Crippen LogP) is 0.163. The molecule has 8 nitrogen and oxygen atoms in total. The molecule has 0 bridgehead atoms. The zero-order chi connectivity index (χ0) is 19.0. The summed E-state index contributed by atoms with van der Waals surface area (Å²) in [4.78, 5) is 41.4. The molecule has 0 aliphatic carbocycles. The molecule has 2 saturated heterocycles. The molecule has 2 amide bonds. The number of nitrogens with one attached hydrogen (secondary N) is 1. The van der Waals surface area contributed by atoms with Crippen LogP contribution in [-0.2, 0) is 16.1 Å². The van der Waals surface area contributed by atoms with Crippen molar-refractivity contribution in [3.63, 3.8) is 0 Å². The predicted molar refractivity (Wildman–Crippen MR) is 99.1 cm³/mol. The number of para-hydroxylation sites is 1. The van der Waals surface area contributed by atoms with Crippen molar-refractivity contribution in [1.29, 1.82) is 0 Å². The van der Waals surface area contributed by atoms with E-state index in [-0.39, 0.29) is 30.5 Å². The Morgan fingerprint density at radius 1 is 1.19 bits per heavy atom. The summed E-state index contributed by atoms with van der Waals surface area (Å²) >= 11 is 0. The second-order valence-electron chi connectivity index (χ2n) is 7.51. The van der Waals surface area contributed by atoms with Gasteiger partial charge >= 0.3 is 0 Å². The van der Waals surface area contributed by atoms with Crippen LogP contribution >= 0.6 is 0 Å². The van der Waals surface area contributed by atoms with Gasteiger partial charge in [0.25, 0.3) is 5.56 Å². The van der Waals surface area contributed by atoms with Crippen LogP contribution in [0.3, 0.4) is 0 Å². The number of carbonyl (C=O) groups is 2. The number of fused-ring (bicyclic) bond motifs is 1. The topological polar surface area (TPSA) is 98.6 Å². The van der Waals surface area contributed by atoms with Crippen molar-refractivity contribution in [2.24, 2.45) is 5.41 Å². The Hall–Kier alpha value is -2.61. The first-order valence-corrected chi connectivity index (χ1v) is 9.40. The van der Waals surface area contributed by atoms with E-state index in [9.17, 15) is 14.4 Å². The fourth-order valence-corrected chi connectivity index (χ4v) is 4.41. The van der Waals surface area contributed by atoms with E-state index in [4.69, 9.17) is 5.11 Å². The van der Waals surface area contributed by atoms with Crippen LogP contribution in [0.25, 0.3) is 10.9 Å². The average molecular weight is 372 g/mol. The quantitative estimate of drug-likeness (QED) is 0.799. The molecule has 3 heterocycles. The first-order valence-electron chi connectivity index (χ1n) is 9.40. The molecule has 1 aromatic heterocycles. The number of nitrogens with zero attached hydrogens (tertiary/aromatic N) is 3. The third-order valence-electron chi connectivity index (χ3n) is 5.85. The summed E-state index contributed by atoms with van der Waals surface area (Å²) in [5.74, 6) is -0.117. The van der Waals surface area contributed by atoms with E-state index >= 15 is 0 Å². The van der Waals surface area contributed by atoms with E-state index in [1.807, 2.05) is 6.07 Å². The summed E-state index contributed by atoms with van der Waals surface area (Å²) in [5.41, 5.74) is -0.0416. The van der Waals surface area contributed by atoms with Crippen LogP contribution in [0.1, 0.15) is 19.3 Å². The minimum atomic E-state index is -0.533. The number of aromatic amines is 1. The van der Waals surface area contributed by atoms with Gasteiger partial charge < -0.3 is 14.9 Å². The van der Waals surface area contributed by atoms with Gasteiger partial charge in [0.05, 0.1) is 22.9 Å². The highest BCUT2D eigenvalue weighted by molar-refractivity contribution is 5.86. The largest absolute Gasteiger partial charge is 0.395 e. The van der Waals surface area contributed by atoms with Gasteiger partial charge in [-0.3, -0.25) is 19.5 Å². The second kappa shape index (κ2) is 6.84. The molecule has 8 heteroatoms. The minimum absolute atomic E-state index is 0.0425. The summed E-state index contributed by atoms with van der Waals surface area (Å²) in [6.07, 6.45) is 2.29. The van der Waals surface area contributed by atoms with Crippen LogP contribution in [0.4, 0.5) is 0 Å². The van der Waals surface area contributed by atoms with Gasteiger partial charge in [0.1, 0.15) is 6.54 Å². The first-order chi connectivity index (χ1) is 13.0. The summed E-state index contributed by atoms with van der Waals surface area (Å²) < 4.78 is 1.33. The molecular weight excluding hydrogens is 348 g/mol. The van der Waals surface area contributed by atoms with Gasteiger partial charge in [0.15, 0.2) is 0 Å². The molecule has 0 unspecified atom stereocenters. The molecule has 0 saturated carbocycles. The lowest BCUT2D eigenvalue weighted by Gasteiger charge is -2.39. The maximum Gasteiger partial charge on any atom is 0.274 e. The van der Waals surface area contributed by atoms with Gasteiger partial charge in [0, 0.05) is 26.2 Å². The van der Waals surface area contributed by atoms with Crippen molar-refractivity contribution < 1.29 is 14.7 Å². The van der Waals surface area contributed by atoms with Crippen LogP contribution < -0.4 is 5.56 Å². The van der Waals surface area contributed by atoms with Crippen molar-refractivity contribution in [3.8, 4) is 0 Å². The lowest BCUT2D eigenvalue weighted by atomic mass is 9.78. The van der Waals surface area contributed by atoms with Crippen molar-refractivity contribution >= 4 is 22.7 Å². The van der Waals surface area contributed by atoms with Gasteiger partial charge in [-0.25, -0.2) is 4.68 Å². The summed E-state index contributed by atoms with van der Waals surface area (Å²) in [6.45, 7) is 1.82. The van der Waals surface area contributed by atoms with Crippen LogP contribution in [-0.4, -0.2) is 69.3 Å². The number of H-pyrrole nitrogens is 1.